The Labute approximate surface area is 137 Å². The van der Waals surface area contributed by atoms with Crippen LogP contribution in [0.15, 0.2) is 18.3 Å². The minimum atomic E-state index is -0.453. The van der Waals surface area contributed by atoms with E-state index < -0.39 is 5.60 Å². The smallest absolute Gasteiger partial charge is 0.272 e. The number of aryl methyl sites for hydroxylation is 1. The van der Waals surface area contributed by atoms with Gasteiger partial charge in [0.15, 0.2) is 0 Å². The van der Waals surface area contributed by atoms with Gasteiger partial charge in [-0.15, -0.1) is 0 Å². The van der Waals surface area contributed by atoms with Gasteiger partial charge in [0.05, 0.1) is 12.1 Å². The topological polar surface area (TPSA) is 71.5 Å². The average Bonchev–Trinajstić information content (AvgIpc) is 2.60. The number of ether oxygens (including phenoxy) is 1. The number of pyridine rings is 1. The predicted octanol–water partition coefficient (Wildman–Crippen LogP) is 1.54. The Bertz CT molecular complexity index is 559. The van der Waals surface area contributed by atoms with Gasteiger partial charge in [-0.05, 0) is 37.8 Å². The molecule has 1 saturated heterocycles. The van der Waals surface area contributed by atoms with Gasteiger partial charge in [-0.1, -0.05) is 6.07 Å². The molecule has 23 heavy (non-hydrogen) atoms. The number of methoxy groups -OCH3 is 1. The number of piperidine rings is 1. The van der Waals surface area contributed by atoms with E-state index in [0.717, 1.165) is 18.4 Å². The second kappa shape index (κ2) is 7.55. The third kappa shape index (κ3) is 4.28. The van der Waals surface area contributed by atoms with E-state index in [2.05, 4.69) is 10.3 Å². The Balaban J connectivity index is 2.07. The maximum atomic E-state index is 12.6. The van der Waals surface area contributed by atoms with Crippen LogP contribution in [0.3, 0.4) is 0 Å². The molecule has 2 rings (SSSR count). The van der Waals surface area contributed by atoms with Gasteiger partial charge < -0.3 is 15.0 Å². The summed E-state index contributed by atoms with van der Waals surface area (Å²) < 4.78 is 5.71. The largest absolute Gasteiger partial charge is 0.376 e. The van der Waals surface area contributed by atoms with Crippen LogP contribution >= 0.6 is 0 Å². The summed E-state index contributed by atoms with van der Waals surface area (Å²) in [5.41, 5.74) is 1.02. The van der Waals surface area contributed by atoms with E-state index in [9.17, 15) is 9.59 Å². The van der Waals surface area contributed by atoms with Crippen molar-refractivity contribution in [3.63, 3.8) is 0 Å². The summed E-state index contributed by atoms with van der Waals surface area (Å²) in [5, 5.41) is 2.63. The molecule has 1 aliphatic rings. The lowest BCUT2D eigenvalue weighted by molar-refractivity contribution is -0.123. The Morgan fingerprint density at radius 1 is 1.43 bits per heavy atom. The minimum Gasteiger partial charge on any atom is -0.376 e. The van der Waals surface area contributed by atoms with E-state index in [-0.39, 0.29) is 11.8 Å². The molecule has 0 bridgehead atoms. The first-order chi connectivity index (χ1) is 11.0. The van der Waals surface area contributed by atoms with E-state index in [1.165, 1.54) is 0 Å². The van der Waals surface area contributed by atoms with Crippen LogP contribution in [-0.4, -0.2) is 54.5 Å². The van der Waals surface area contributed by atoms with Crippen LogP contribution < -0.4 is 5.32 Å². The molecule has 126 valence electrons. The third-order valence-electron chi connectivity index (χ3n) is 4.48. The van der Waals surface area contributed by atoms with E-state index in [4.69, 9.17) is 4.74 Å². The number of nitrogens with one attached hydrogen (secondary N) is 1. The van der Waals surface area contributed by atoms with Crippen molar-refractivity contribution in [2.45, 2.75) is 38.2 Å². The van der Waals surface area contributed by atoms with Crippen molar-refractivity contribution in [3.8, 4) is 0 Å². The highest BCUT2D eigenvalue weighted by Gasteiger charge is 2.37. The van der Waals surface area contributed by atoms with E-state index >= 15 is 0 Å². The number of carbonyl (C=O) groups excluding carboxylic acids is 2. The first-order valence-corrected chi connectivity index (χ1v) is 7.97. The molecule has 1 fully saturated rings. The van der Waals surface area contributed by atoms with Crippen LogP contribution in [0.25, 0.3) is 0 Å². The van der Waals surface area contributed by atoms with Gasteiger partial charge in [0.1, 0.15) is 5.69 Å². The number of carbonyl (C=O) groups is 2. The summed E-state index contributed by atoms with van der Waals surface area (Å²) in [6.07, 6.45) is 4.42. The van der Waals surface area contributed by atoms with Gasteiger partial charge in [0.25, 0.3) is 5.91 Å². The molecular formula is C17H25N3O3. The van der Waals surface area contributed by atoms with Gasteiger partial charge in [0, 0.05) is 33.3 Å². The first-order valence-electron chi connectivity index (χ1n) is 7.97. The van der Waals surface area contributed by atoms with Gasteiger partial charge in [-0.3, -0.25) is 14.6 Å². The quantitative estimate of drug-likeness (QED) is 0.893. The average molecular weight is 319 g/mol. The Morgan fingerprint density at radius 2 is 2.22 bits per heavy atom. The number of hydrogen-bond donors (Lipinski definition) is 1. The molecule has 1 aromatic heterocycles. The number of aromatic nitrogens is 1. The molecule has 6 nitrogen and oxygen atoms in total. The standard InChI is InChI=1S/C17H25N3O3/c1-13-5-6-14(19-11-13)16(22)20-10-4-8-17(12-20,23-3)9-7-15(21)18-2/h5-6,11H,4,7-10,12H2,1-3H3,(H,18,21). The van der Waals surface area contributed by atoms with Crippen molar-refractivity contribution in [1.29, 1.82) is 0 Å². The van der Waals surface area contributed by atoms with Crippen LogP contribution in [0, 0.1) is 6.92 Å². The molecule has 1 atom stereocenters. The molecule has 2 heterocycles. The van der Waals surface area contributed by atoms with Crippen LogP contribution in [-0.2, 0) is 9.53 Å². The SMILES string of the molecule is CNC(=O)CCC1(OC)CCCN(C(=O)c2ccc(C)cn2)C1. The van der Waals surface area contributed by atoms with E-state index in [1.807, 2.05) is 13.0 Å². The van der Waals surface area contributed by atoms with Crippen molar-refractivity contribution >= 4 is 11.8 Å². The van der Waals surface area contributed by atoms with Crippen molar-refractivity contribution in [2.75, 3.05) is 27.2 Å². The maximum absolute atomic E-state index is 12.6. The Kier molecular flexibility index (Phi) is 5.71. The fourth-order valence-electron chi connectivity index (χ4n) is 2.97. The first kappa shape index (κ1) is 17.4. The fourth-order valence-corrected chi connectivity index (χ4v) is 2.97. The van der Waals surface area contributed by atoms with Crippen molar-refractivity contribution in [3.05, 3.63) is 29.6 Å². The van der Waals surface area contributed by atoms with Crippen molar-refractivity contribution < 1.29 is 14.3 Å². The Hall–Kier alpha value is -1.95. The molecule has 1 N–H and O–H groups in total. The molecule has 1 aliphatic heterocycles. The number of likely N-dealkylation sites (tertiary alicyclic amines) is 1. The summed E-state index contributed by atoms with van der Waals surface area (Å²) in [5.74, 6) is -0.0869. The zero-order valence-corrected chi connectivity index (χ0v) is 14.1. The van der Waals surface area contributed by atoms with Crippen LogP contribution in [0.1, 0.15) is 41.7 Å². The van der Waals surface area contributed by atoms with Crippen LogP contribution in [0.5, 0.6) is 0 Å². The van der Waals surface area contributed by atoms with E-state index in [0.29, 0.717) is 31.6 Å². The highest BCUT2D eigenvalue weighted by Crippen LogP contribution is 2.30. The second-order valence-electron chi connectivity index (χ2n) is 6.11. The highest BCUT2D eigenvalue weighted by atomic mass is 16.5. The molecule has 1 unspecified atom stereocenters. The molecule has 6 heteroatoms. The molecule has 0 aliphatic carbocycles. The van der Waals surface area contributed by atoms with Crippen molar-refractivity contribution in [1.82, 2.24) is 15.2 Å². The van der Waals surface area contributed by atoms with Crippen LogP contribution in [0.2, 0.25) is 0 Å². The summed E-state index contributed by atoms with van der Waals surface area (Å²) >= 11 is 0. The normalized spacial score (nSPS) is 21.1. The number of rotatable bonds is 5. The summed E-state index contributed by atoms with van der Waals surface area (Å²) in [6, 6.07) is 3.64. The zero-order chi connectivity index (χ0) is 16.9. The monoisotopic (exact) mass is 319 g/mol. The number of amides is 2. The van der Waals surface area contributed by atoms with Crippen LogP contribution in [0.4, 0.5) is 0 Å². The molecular weight excluding hydrogens is 294 g/mol. The summed E-state index contributed by atoms with van der Waals surface area (Å²) in [7, 11) is 3.28. The zero-order valence-electron chi connectivity index (χ0n) is 14.1. The van der Waals surface area contributed by atoms with Gasteiger partial charge in [-0.25, -0.2) is 0 Å². The molecule has 2 amide bonds. The summed E-state index contributed by atoms with van der Waals surface area (Å²) in [4.78, 5) is 30.2. The maximum Gasteiger partial charge on any atom is 0.272 e. The summed E-state index contributed by atoms with van der Waals surface area (Å²) in [6.45, 7) is 3.13. The lowest BCUT2D eigenvalue weighted by atomic mass is 9.87. The predicted molar refractivity (Wildman–Crippen MR) is 87.2 cm³/mol. The second-order valence-corrected chi connectivity index (χ2v) is 6.11. The van der Waals surface area contributed by atoms with Gasteiger partial charge in [0.2, 0.25) is 5.91 Å². The van der Waals surface area contributed by atoms with Gasteiger partial charge in [-0.2, -0.15) is 0 Å². The number of nitrogens with zero attached hydrogens (tertiary/aromatic N) is 2. The fraction of sp³-hybridized carbons (Fsp3) is 0.588. The lowest BCUT2D eigenvalue weighted by Gasteiger charge is -2.41. The lowest BCUT2D eigenvalue weighted by Crippen LogP contribution is -2.51. The molecule has 0 radical (unpaired) electrons. The number of hydrogen-bond acceptors (Lipinski definition) is 4. The third-order valence-corrected chi connectivity index (χ3v) is 4.48. The molecule has 0 aromatic carbocycles. The highest BCUT2D eigenvalue weighted by molar-refractivity contribution is 5.92. The van der Waals surface area contributed by atoms with E-state index in [1.54, 1.807) is 31.3 Å². The van der Waals surface area contributed by atoms with Crippen molar-refractivity contribution in [2.24, 2.45) is 0 Å². The molecule has 0 saturated carbocycles. The molecule has 1 aromatic rings. The minimum absolute atomic E-state index is 0.00919. The Morgan fingerprint density at radius 3 is 2.83 bits per heavy atom. The van der Waals surface area contributed by atoms with Gasteiger partial charge >= 0.3 is 0 Å². The molecule has 0 spiro atoms.